The first-order chi connectivity index (χ1) is 14.4. The third-order valence-corrected chi connectivity index (χ3v) is 6.76. The molecule has 0 saturated heterocycles. The summed E-state index contributed by atoms with van der Waals surface area (Å²) in [6, 6.07) is 1.82. The third-order valence-electron chi connectivity index (χ3n) is 4.90. The van der Waals surface area contributed by atoms with E-state index in [9.17, 15) is 9.59 Å². The van der Waals surface area contributed by atoms with Crippen LogP contribution in [-0.2, 0) is 29.5 Å². The van der Waals surface area contributed by atoms with Gasteiger partial charge in [-0.05, 0) is 31.2 Å². The molecule has 1 fully saturated rings. The number of nitrogens with zero attached hydrogens (tertiary/aromatic N) is 6. The van der Waals surface area contributed by atoms with Crippen LogP contribution in [0.25, 0.3) is 0 Å². The van der Waals surface area contributed by atoms with E-state index in [2.05, 4.69) is 36.1 Å². The second kappa shape index (κ2) is 8.96. The van der Waals surface area contributed by atoms with E-state index < -0.39 is 0 Å². The van der Waals surface area contributed by atoms with Crippen molar-refractivity contribution >= 4 is 44.8 Å². The van der Waals surface area contributed by atoms with Gasteiger partial charge in [0.2, 0.25) is 22.1 Å². The highest BCUT2D eigenvalue weighted by atomic mass is 32.1. The monoisotopic (exact) mass is 446 g/mol. The number of carbonyl (C=O) groups excluding carboxylic acids is 2. The van der Waals surface area contributed by atoms with E-state index in [0.717, 1.165) is 41.4 Å². The molecular weight excluding hydrogens is 424 g/mol. The van der Waals surface area contributed by atoms with Gasteiger partial charge in [-0.25, -0.2) is 0 Å². The van der Waals surface area contributed by atoms with Crippen LogP contribution >= 0.6 is 22.7 Å². The molecule has 0 radical (unpaired) electrons. The predicted octanol–water partition coefficient (Wildman–Crippen LogP) is 2.39. The lowest BCUT2D eigenvalue weighted by atomic mass is 10.0. The molecule has 0 bridgehead atoms. The number of carbonyl (C=O) groups is 2. The van der Waals surface area contributed by atoms with Crippen LogP contribution in [0.1, 0.15) is 47.8 Å². The van der Waals surface area contributed by atoms with Crippen LogP contribution in [0.2, 0.25) is 0 Å². The van der Waals surface area contributed by atoms with E-state index in [1.165, 1.54) is 29.6 Å². The zero-order valence-corrected chi connectivity index (χ0v) is 18.3. The quantitative estimate of drug-likeness (QED) is 0.570. The summed E-state index contributed by atoms with van der Waals surface area (Å²) in [5.41, 5.74) is 0.718. The fourth-order valence-corrected chi connectivity index (χ4v) is 5.41. The lowest BCUT2D eigenvalue weighted by Gasteiger charge is -2.06. The zero-order valence-electron chi connectivity index (χ0n) is 16.7. The van der Waals surface area contributed by atoms with Crippen molar-refractivity contribution in [3.05, 3.63) is 28.0 Å². The van der Waals surface area contributed by atoms with Gasteiger partial charge in [-0.15, -0.1) is 20.4 Å². The summed E-state index contributed by atoms with van der Waals surface area (Å²) in [6.45, 7) is 1.46. The van der Waals surface area contributed by atoms with E-state index in [0.29, 0.717) is 22.1 Å². The molecule has 3 heterocycles. The highest BCUT2D eigenvalue weighted by molar-refractivity contribution is 7.15. The minimum absolute atomic E-state index is 0.138. The van der Waals surface area contributed by atoms with Crippen LogP contribution in [0.5, 0.6) is 0 Å². The van der Waals surface area contributed by atoms with Gasteiger partial charge in [0.1, 0.15) is 10.0 Å². The number of rotatable bonds is 7. The molecule has 0 unspecified atom stereocenters. The second-order valence-corrected chi connectivity index (χ2v) is 9.48. The smallest absolute Gasteiger partial charge is 0.232 e. The van der Waals surface area contributed by atoms with E-state index in [1.54, 1.807) is 4.68 Å². The summed E-state index contributed by atoms with van der Waals surface area (Å²) in [7, 11) is 1.82. The molecule has 1 saturated carbocycles. The van der Waals surface area contributed by atoms with E-state index >= 15 is 0 Å². The van der Waals surface area contributed by atoms with Crippen LogP contribution in [-0.4, -0.2) is 42.0 Å². The average Bonchev–Trinajstić information content (AvgIpc) is 3.44. The fraction of sp³-hybridized carbons (Fsp3) is 0.500. The molecule has 2 N–H and O–H groups in total. The number of hydrogen-bond acceptors (Lipinski definition) is 9. The SMILES string of the molecule is CC(=O)Nc1nnc([C@H]2CC[C@@H](Cc3nnc(NC(=O)Cc4ccn(C)n4)s3)C2)s1. The fourth-order valence-electron chi connectivity index (χ4n) is 3.60. The van der Waals surface area contributed by atoms with Crippen molar-refractivity contribution in [2.45, 2.75) is 44.9 Å². The predicted molar refractivity (Wildman–Crippen MR) is 113 cm³/mol. The lowest BCUT2D eigenvalue weighted by molar-refractivity contribution is -0.116. The summed E-state index contributed by atoms with van der Waals surface area (Å²) < 4.78 is 1.67. The minimum atomic E-state index is -0.149. The van der Waals surface area contributed by atoms with Gasteiger partial charge in [0.05, 0.1) is 12.1 Å². The number of hydrogen-bond donors (Lipinski definition) is 2. The van der Waals surface area contributed by atoms with Gasteiger partial charge in [-0.2, -0.15) is 5.10 Å². The molecule has 4 rings (SSSR count). The molecule has 0 aromatic carbocycles. The molecule has 1 aliphatic rings. The maximum atomic E-state index is 12.2. The zero-order chi connectivity index (χ0) is 21.1. The summed E-state index contributed by atoms with van der Waals surface area (Å²) in [6.07, 6.45) is 6.00. The third kappa shape index (κ3) is 5.25. The first kappa shape index (κ1) is 20.5. The van der Waals surface area contributed by atoms with Gasteiger partial charge in [0.25, 0.3) is 0 Å². The highest BCUT2D eigenvalue weighted by Crippen LogP contribution is 2.41. The van der Waals surface area contributed by atoms with Gasteiger partial charge in [0, 0.05) is 32.5 Å². The van der Waals surface area contributed by atoms with Crippen LogP contribution in [0.15, 0.2) is 12.3 Å². The summed E-state index contributed by atoms with van der Waals surface area (Å²) in [4.78, 5) is 23.3. The van der Waals surface area contributed by atoms with Crippen molar-refractivity contribution in [3.63, 3.8) is 0 Å². The van der Waals surface area contributed by atoms with Crippen LogP contribution < -0.4 is 10.6 Å². The van der Waals surface area contributed by atoms with Gasteiger partial charge >= 0.3 is 0 Å². The topological polar surface area (TPSA) is 128 Å². The first-order valence-corrected chi connectivity index (χ1v) is 11.3. The molecule has 10 nitrogen and oxygen atoms in total. The number of amides is 2. The van der Waals surface area contributed by atoms with Crippen LogP contribution in [0, 0.1) is 5.92 Å². The molecule has 0 spiro atoms. The molecule has 3 aromatic rings. The summed E-state index contributed by atoms with van der Waals surface area (Å²) in [5, 5.41) is 29.3. The van der Waals surface area contributed by atoms with Crippen LogP contribution in [0.3, 0.4) is 0 Å². The Morgan fingerprint density at radius 2 is 1.93 bits per heavy atom. The highest BCUT2D eigenvalue weighted by Gasteiger charge is 2.29. The molecule has 2 atom stereocenters. The van der Waals surface area contributed by atoms with Gasteiger partial charge in [0.15, 0.2) is 0 Å². The Morgan fingerprint density at radius 1 is 1.13 bits per heavy atom. The number of aromatic nitrogens is 6. The molecule has 3 aromatic heterocycles. The second-order valence-electron chi connectivity index (χ2n) is 7.41. The van der Waals surface area contributed by atoms with Gasteiger partial charge < -0.3 is 10.6 Å². The van der Waals surface area contributed by atoms with Crippen molar-refractivity contribution in [2.75, 3.05) is 10.6 Å². The maximum absolute atomic E-state index is 12.2. The Bertz CT molecular complexity index is 1040. The Morgan fingerprint density at radius 3 is 2.70 bits per heavy atom. The molecule has 30 heavy (non-hydrogen) atoms. The Hall–Kier alpha value is -2.73. The molecule has 1 aliphatic carbocycles. The van der Waals surface area contributed by atoms with Crippen molar-refractivity contribution in [3.8, 4) is 0 Å². The molecular formula is C18H22N8O2S2. The largest absolute Gasteiger partial charge is 0.301 e. The van der Waals surface area contributed by atoms with Crippen molar-refractivity contribution in [1.82, 2.24) is 30.2 Å². The van der Waals surface area contributed by atoms with E-state index in [4.69, 9.17) is 0 Å². The summed E-state index contributed by atoms with van der Waals surface area (Å²) >= 11 is 2.87. The van der Waals surface area contributed by atoms with Crippen LogP contribution in [0.4, 0.5) is 10.3 Å². The lowest BCUT2D eigenvalue weighted by Crippen LogP contribution is -2.14. The number of aryl methyl sites for hydroxylation is 1. The molecule has 2 amide bonds. The molecule has 12 heteroatoms. The number of nitrogens with one attached hydrogen (secondary N) is 2. The van der Waals surface area contributed by atoms with E-state index in [-0.39, 0.29) is 18.2 Å². The first-order valence-electron chi connectivity index (χ1n) is 9.66. The Labute approximate surface area is 181 Å². The average molecular weight is 447 g/mol. The van der Waals surface area contributed by atoms with Crippen molar-refractivity contribution in [2.24, 2.45) is 13.0 Å². The van der Waals surface area contributed by atoms with Gasteiger partial charge in [-0.1, -0.05) is 22.7 Å². The molecule has 158 valence electrons. The Balaban J connectivity index is 1.27. The summed E-state index contributed by atoms with van der Waals surface area (Å²) in [5.74, 6) is 0.568. The minimum Gasteiger partial charge on any atom is -0.301 e. The number of anilines is 2. The van der Waals surface area contributed by atoms with Gasteiger partial charge in [-0.3, -0.25) is 14.3 Å². The van der Waals surface area contributed by atoms with E-state index in [1.807, 2.05) is 19.3 Å². The Kier molecular flexibility index (Phi) is 6.13. The standard InChI is InChI=1S/C18H22N8O2S2/c1-10(27)19-17-24-22-16(30-17)12-4-3-11(7-12)8-15-21-23-18(29-15)20-14(28)9-13-5-6-26(2)25-13/h5-6,11-12H,3-4,7-9H2,1-2H3,(H,19,24,27)(H,20,23,28)/t11-,12+/m1/s1. The van der Waals surface area contributed by atoms with Crippen molar-refractivity contribution in [1.29, 1.82) is 0 Å². The maximum Gasteiger partial charge on any atom is 0.232 e. The van der Waals surface area contributed by atoms with Crippen molar-refractivity contribution < 1.29 is 9.59 Å². The molecule has 0 aliphatic heterocycles. The normalized spacial score (nSPS) is 18.5.